The molecule has 0 saturated carbocycles. The summed E-state index contributed by atoms with van der Waals surface area (Å²) in [4.78, 5) is 4.12. The second kappa shape index (κ2) is 5.05. The summed E-state index contributed by atoms with van der Waals surface area (Å²) in [5, 5.41) is 3.74. The highest BCUT2D eigenvalue weighted by Gasteiger charge is 2.16. The summed E-state index contributed by atoms with van der Waals surface area (Å²) in [6.45, 7) is 2.02. The molecule has 0 spiro atoms. The second-order valence-corrected chi connectivity index (χ2v) is 3.83. The maximum Gasteiger partial charge on any atom is 0.243 e. The molecule has 90 valence electrons. The van der Waals surface area contributed by atoms with E-state index in [1.165, 1.54) is 6.07 Å². The SMILES string of the molecule is CCCC(N)c1nc(-c2ccccc2F)no1. The van der Waals surface area contributed by atoms with E-state index < -0.39 is 0 Å². The molecule has 5 heteroatoms. The predicted molar refractivity (Wildman–Crippen MR) is 61.5 cm³/mol. The van der Waals surface area contributed by atoms with Gasteiger partial charge < -0.3 is 10.3 Å². The standard InChI is InChI=1S/C12H14FN3O/c1-2-5-10(14)12-15-11(16-17-12)8-6-3-4-7-9(8)13/h3-4,6-7,10H,2,5,14H2,1H3. The van der Waals surface area contributed by atoms with E-state index in [9.17, 15) is 4.39 Å². The van der Waals surface area contributed by atoms with Gasteiger partial charge in [-0.15, -0.1) is 0 Å². The van der Waals surface area contributed by atoms with Crippen molar-refractivity contribution in [1.29, 1.82) is 0 Å². The number of nitrogens with zero attached hydrogens (tertiary/aromatic N) is 2. The summed E-state index contributed by atoms with van der Waals surface area (Å²) in [5.74, 6) is 0.221. The van der Waals surface area contributed by atoms with Gasteiger partial charge in [-0.25, -0.2) is 4.39 Å². The van der Waals surface area contributed by atoms with Crippen LogP contribution in [0.5, 0.6) is 0 Å². The van der Waals surface area contributed by atoms with Gasteiger partial charge in [0.1, 0.15) is 5.82 Å². The molecule has 0 amide bonds. The smallest absolute Gasteiger partial charge is 0.243 e. The third-order valence-corrected chi connectivity index (χ3v) is 2.47. The summed E-state index contributed by atoms with van der Waals surface area (Å²) in [6.07, 6.45) is 1.69. The maximum atomic E-state index is 13.5. The van der Waals surface area contributed by atoms with Crippen LogP contribution in [0.25, 0.3) is 11.4 Å². The first kappa shape index (κ1) is 11.7. The van der Waals surface area contributed by atoms with Crippen LogP contribution in [0.2, 0.25) is 0 Å². The quantitative estimate of drug-likeness (QED) is 0.884. The Hall–Kier alpha value is -1.75. The molecule has 1 unspecified atom stereocenters. The van der Waals surface area contributed by atoms with Gasteiger partial charge in [0.15, 0.2) is 0 Å². The molecule has 0 radical (unpaired) electrons. The Balaban J connectivity index is 2.27. The first-order valence-corrected chi connectivity index (χ1v) is 5.56. The number of benzene rings is 1. The average Bonchev–Trinajstić information content (AvgIpc) is 2.79. The molecular weight excluding hydrogens is 221 g/mol. The Kier molecular flexibility index (Phi) is 3.49. The highest BCUT2D eigenvalue weighted by molar-refractivity contribution is 5.54. The summed E-state index contributed by atoms with van der Waals surface area (Å²) in [7, 11) is 0. The van der Waals surface area contributed by atoms with Crippen LogP contribution in [0.15, 0.2) is 28.8 Å². The molecule has 0 aliphatic rings. The van der Waals surface area contributed by atoms with Gasteiger partial charge in [-0.2, -0.15) is 4.98 Å². The number of hydrogen-bond acceptors (Lipinski definition) is 4. The van der Waals surface area contributed by atoms with Crippen molar-refractivity contribution >= 4 is 0 Å². The van der Waals surface area contributed by atoms with Crippen molar-refractivity contribution in [2.45, 2.75) is 25.8 Å². The van der Waals surface area contributed by atoms with Crippen LogP contribution in [0.3, 0.4) is 0 Å². The van der Waals surface area contributed by atoms with Crippen LogP contribution in [0.1, 0.15) is 31.7 Å². The van der Waals surface area contributed by atoms with E-state index in [4.69, 9.17) is 10.3 Å². The van der Waals surface area contributed by atoms with Crippen molar-refractivity contribution in [3.05, 3.63) is 36.0 Å². The van der Waals surface area contributed by atoms with Crippen LogP contribution in [0, 0.1) is 5.82 Å². The lowest BCUT2D eigenvalue weighted by atomic mass is 10.2. The molecule has 0 bridgehead atoms. The van der Waals surface area contributed by atoms with Crippen LogP contribution >= 0.6 is 0 Å². The van der Waals surface area contributed by atoms with Crippen LogP contribution in [0.4, 0.5) is 4.39 Å². The molecule has 2 rings (SSSR count). The van der Waals surface area contributed by atoms with Crippen molar-refractivity contribution < 1.29 is 8.91 Å². The Bertz CT molecular complexity index is 498. The Labute approximate surface area is 98.6 Å². The Morgan fingerprint density at radius 2 is 2.18 bits per heavy atom. The third-order valence-electron chi connectivity index (χ3n) is 2.47. The number of aromatic nitrogens is 2. The van der Waals surface area contributed by atoms with E-state index in [1.54, 1.807) is 18.2 Å². The van der Waals surface area contributed by atoms with Gasteiger partial charge in [-0.3, -0.25) is 0 Å². The molecule has 1 atom stereocenters. The van der Waals surface area contributed by atoms with Gasteiger partial charge in [-0.1, -0.05) is 30.6 Å². The highest BCUT2D eigenvalue weighted by Crippen LogP contribution is 2.21. The predicted octanol–water partition coefficient (Wildman–Crippen LogP) is 2.68. The van der Waals surface area contributed by atoms with E-state index in [0.29, 0.717) is 11.5 Å². The summed E-state index contributed by atoms with van der Waals surface area (Å²) in [6, 6.07) is 6.02. The van der Waals surface area contributed by atoms with Crippen LogP contribution < -0.4 is 5.73 Å². The molecule has 2 N–H and O–H groups in total. The molecule has 0 saturated heterocycles. The fraction of sp³-hybridized carbons (Fsp3) is 0.333. The van der Waals surface area contributed by atoms with E-state index in [0.717, 1.165) is 12.8 Å². The number of halogens is 1. The van der Waals surface area contributed by atoms with Gasteiger partial charge in [-0.05, 0) is 18.6 Å². The number of hydrogen-bond donors (Lipinski definition) is 1. The Morgan fingerprint density at radius 1 is 1.41 bits per heavy atom. The van der Waals surface area contributed by atoms with Crippen LogP contribution in [-0.2, 0) is 0 Å². The molecule has 1 heterocycles. The minimum Gasteiger partial charge on any atom is -0.337 e. The maximum absolute atomic E-state index is 13.5. The zero-order valence-electron chi connectivity index (χ0n) is 9.56. The van der Waals surface area contributed by atoms with Crippen molar-refractivity contribution in [2.24, 2.45) is 5.73 Å². The van der Waals surface area contributed by atoms with E-state index in [2.05, 4.69) is 10.1 Å². The van der Waals surface area contributed by atoms with E-state index in [-0.39, 0.29) is 17.7 Å². The van der Waals surface area contributed by atoms with E-state index >= 15 is 0 Å². The molecule has 1 aromatic heterocycles. The molecule has 2 aromatic rings. The number of rotatable bonds is 4. The summed E-state index contributed by atoms with van der Waals surface area (Å²) >= 11 is 0. The van der Waals surface area contributed by atoms with Crippen LogP contribution in [-0.4, -0.2) is 10.1 Å². The zero-order valence-corrected chi connectivity index (χ0v) is 9.56. The van der Waals surface area contributed by atoms with Gasteiger partial charge >= 0.3 is 0 Å². The second-order valence-electron chi connectivity index (χ2n) is 3.83. The fourth-order valence-electron chi connectivity index (χ4n) is 1.57. The van der Waals surface area contributed by atoms with Gasteiger partial charge in [0.25, 0.3) is 0 Å². The normalized spacial score (nSPS) is 12.6. The first-order valence-electron chi connectivity index (χ1n) is 5.56. The lowest BCUT2D eigenvalue weighted by Crippen LogP contribution is -2.09. The van der Waals surface area contributed by atoms with Crippen molar-refractivity contribution in [3.63, 3.8) is 0 Å². The number of nitrogens with two attached hydrogens (primary N) is 1. The largest absolute Gasteiger partial charge is 0.337 e. The lowest BCUT2D eigenvalue weighted by molar-refractivity contribution is 0.348. The third kappa shape index (κ3) is 2.50. The summed E-state index contributed by atoms with van der Waals surface area (Å²) in [5.41, 5.74) is 6.17. The van der Waals surface area contributed by atoms with Crippen molar-refractivity contribution in [3.8, 4) is 11.4 Å². The molecular formula is C12H14FN3O. The fourth-order valence-corrected chi connectivity index (χ4v) is 1.57. The zero-order chi connectivity index (χ0) is 12.3. The first-order chi connectivity index (χ1) is 8.22. The molecule has 1 aromatic carbocycles. The molecule has 0 aliphatic carbocycles. The monoisotopic (exact) mass is 235 g/mol. The van der Waals surface area contributed by atoms with Gasteiger partial charge in [0.2, 0.25) is 11.7 Å². The topological polar surface area (TPSA) is 64.9 Å². The molecule has 0 aliphatic heterocycles. The summed E-state index contributed by atoms with van der Waals surface area (Å²) < 4.78 is 18.5. The van der Waals surface area contributed by atoms with Gasteiger partial charge in [0, 0.05) is 0 Å². The minimum absolute atomic E-state index is 0.240. The minimum atomic E-state index is -0.371. The molecule has 4 nitrogen and oxygen atoms in total. The van der Waals surface area contributed by atoms with Gasteiger partial charge in [0.05, 0.1) is 11.6 Å². The highest BCUT2D eigenvalue weighted by atomic mass is 19.1. The molecule has 0 fully saturated rings. The molecule has 17 heavy (non-hydrogen) atoms. The average molecular weight is 235 g/mol. The lowest BCUT2D eigenvalue weighted by Gasteiger charge is -2.02. The van der Waals surface area contributed by atoms with E-state index in [1.807, 2.05) is 6.92 Å². The van der Waals surface area contributed by atoms with Crippen molar-refractivity contribution in [2.75, 3.05) is 0 Å². The van der Waals surface area contributed by atoms with Crippen molar-refractivity contribution in [1.82, 2.24) is 10.1 Å². The Morgan fingerprint density at radius 3 is 2.88 bits per heavy atom.